The van der Waals surface area contributed by atoms with Gasteiger partial charge in [-0.2, -0.15) is 0 Å². The molecule has 28 nitrogen and oxygen atoms in total. The van der Waals surface area contributed by atoms with E-state index in [-0.39, 0.29) is 94.1 Å². The number of nitrogens with one attached hydrogen (secondary N) is 5. The third-order valence-electron chi connectivity index (χ3n) is 10.0. The molecule has 0 aromatic rings. The minimum absolute atomic E-state index is 0.0215. The number of aliphatic imine (C=N–C) groups is 2. The van der Waals surface area contributed by atoms with Crippen molar-refractivity contribution in [3.05, 3.63) is 11.3 Å². The lowest BCUT2D eigenvalue weighted by Crippen LogP contribution is -2.85. The summed E-state index contributed by atoms with van der Waals surface area (Å²) < 4.78 is 5.31. The van der Waals surface area contributed by atoms with Gasteiger partial charge in [0.1, 0.15) is 35.9 Å². The summed E-state index contributed by atoms with van der Waals surface area (Å²) in [6, 6.07) is -4.10. The molecule has 66 heavy (non-hydrogen) atoms. The number of carboxylic acid groups (broad SMARTS) is 2. The molecular weight excluding hydrogens is 897 g/mol. The normalized spacial score (nSPS) is 19.6. The molecule has 0 radical (unpaired) electrons. The fraction of sp³-hybridized carbons (Fsp3) is 0.649. The summed E-state index contributed by atoms with van der Waals surface area (Å²) in [7, 11) is 0. The van der Waals surface area contributed by atoms with Gasteiger partial charge in [0.05, 0.1) is 24.6 Å². The Labute approximate surface area is 382 Å². The molecule has 0 bridgehead atoms. The molecule has 9 atom stereocenters. The smallest absolute Gasteiger partial charge is 0.352 e. The number of thioether (sulfide) groups is 1. The van der Waals surface area contributed by atoms with Crippen LogP contribution in [0.15, 0.2) is 21.3 Å². The Bertz CT molecular complexity index is 1880. The molecule has 0 aliphatic carbocycles. The number of rotatable bonds is 30. The number of hydrogen-bond acceptors (Lipinski definition) is 17. The fourth-order valence-electron chi connectivity index (χ4n) is 6.60. The second kappa shape index (κ2) is 26.6. The monoisotopic (exact) mass is 958 g/mol. The first kappa shape index (κ1) is 55.8. The van der Waals surface area contributed by atoms with Crippen LogP contribution in [0.4, 0.5) is 0 Å². The molecule has 0 unspecified atom stereocenters. The lowest BCUT2D eigenvalue weighted by atomic mass is 9.94. The van der Waals surface area contributed by atoms with Gasteiger partial charge in [0.2, 0.25) is 35.7 Å². The van der Waals surface area contributed by atoms with Crippen molar-refractivity contribution < 1.29 is 68.3 Å². The number of fused-ring (bicyclic) bond motifs is 1. The van der Waals surface area contributed by atoms with E-state index < -0.39 is 120 Å². The number of nitrogens with two attached hydrogens (primary N) is 6. The van der Waals surface area contributed by atoms with E-state index in [1.165, 1.54) is 6.92 Å². The number of amides is 6. The van der Waals surface area contributed by atoms with Gasteiger partial charge < -0.3 is 86.1 Å². The molecule has 0 spiro atoms. The second-order valence-corrected chi connectivity index (χ2v) is 16.6. The van der Waals surface area contributed by atoms with E-state index in [9.17, 15) is 58.5 Å². The molecular formula is C37H62N14O14S. The molecule has 370 valence electrons. The number of carbonyl (C=O) groups is 9. The highest BCUT2D eigenvalue weighted by molar-refractivity contribution is 8.00. The maximum absolute atomic E-state index is 13.5. The molecule has 1 fully saturated rings. The average molecular weight is 959 g/mol. The van der Waals surface area contributed by atoms with E-state index in [1.807, 2.05) is 0 Å². The lowest BCUT2D eigenvalue weighted by Gasteiger charge is -2.56. The number of ether oxygens (including phenoxy) is 1. The van der Waals surface area contributed by atoms with E-state index in [2.05, 4.69) is 36.6 Å². The zero-order valence-electron chi connectivity index (χ0n) is 36.5. The van der Waals surface area contributed by atoms with E-state index in [0.29, 0.717) is 0 Å². The van der Waals surface area contributed by atoms with Crippen molar-refractivity contribution in [3.63, 3.8) is 0 Å². The van der Waals surface area contributed by atoms with Crippen LogP contribution in [0.5, 0.6) is 0 Å². The zero-order valence-corrected chi connectivity index (χ0v) is 37.3. The highest BCUT2D eigenvalue weighted by atomic mass is 32.2. The fourth-order valence-corrected chi connectivity index (χ4v) is 8.00. The number of β-lactam (4-membered cyclic amide) rings is 1. The van der Waals surface area contributed by atoms with Crippen molar-refractivity contribution in [2.45, 2.75) is 119 Å². The van der Waals surface area contributed by atoms with Gasteiger partial charge in [-0.1, -0.05) is 0 Å². The van der Waals surface area contributed by atoms with Crippen molar-refractivity contribution in [1.29, 1.82) is 0 Å². The summed E-state index contributed by atoms with van der Waals surface area (Å²) in [6.07, 6.45) is -3.91. The summed E-state index contributed by atoms with van der Waals surface area (Å²) in [5, 5.41) is 52.0. The Hall–Kier alpha value is -6.30. The lowest BCUT2D eigenvalue weighted by molar-refractivity contribution is -0.162. The second-order valence-electron chi connectivity index (χ2n) is 15.5. The van der Waals surface area contributed by atoms with Crippen LogP contribution >= 0.6 is 11.8 Å². The Balaban J connectivity index is 2.19. The number of carboxylic acids is 2. The van der Waals surface area contributed by atoms with Crippen LogP contribution in [0.3, 0.4) is 0 Å². The third-order valence-corrected chi connectivity index (χ3v) is 11.4. The first-order valence-electron chi connectivity index (χ1n) is 20.6. The quantitative estimate of drug-likeness (QED) is 0.00465. The van der Waals surface area contributed by atoms with E-state index >= 15 is 0 Å². The predicted molar refractivity (Wildman–Crippen MR) is 234 cm³/mol. The van der Waals surface area contributed by atoms with Gasteiger partial charge >= 0.3 is 17.9 Å². The topological polar surface area (TPSA) is 488 Å². The van der Waals surface area contributed by atoms with Gasteiger partial charge in [0.25, 0.3) is 5.91 Å². The number of hydrogen-bond donors (Lipinski definition) is 15. The molecule has 29 heteroatoms. The minimum atomic E-state index is -2.05. The Kier molecular flexibility index (Phi) is 22.5. The van der Waals surface area contributed by atoms with Gasteiger partial charge in [-0.15, -0.1) is 11.8 Å². The van der Waals surface area contributed by atoms with Crippen LogP contribution in [-0.4, -0.2) is 164 Å². The number of carbonyl (C=O) groups excluding carboxylic acids is 7. The molecule has 2 heterocycles. The van der Waals surface area contributed by atoms with Crippen LogP contribution in [0, 0.1) is 5.92 Å². The van der Waals surface area contributed by atoms with Gasteiger partial charge in [0, 0.05) is 43.3 Å². The number of aliphatic hydroxyl groups excluding tert-OH is 2. The average Bonchev–Trinajstić information content (AvgIpc) is 3.22. The molecule has 6 amide bonds. The Morgan fingerprint density at radius 3 is 1.97 bits per heavy atom. The number of aliphatic carboxylic acids is 2. The van der Waals surface area contributed by atoms with Crippen LogP contribution in [-0.2, 0) is 47.9 Å². The largest absolute Gasteiger partial charge is 0.480 e. The Morgan fingerprint density at radius 1 is 0.864 bits per heavy atom. The van der Waals surface area contributed by atoms with E-state index in [4.69, 9.17) is 44.2 Å². The molecule has 0 saturated carbocycles. The van der Waals surface area contributed by atoms with Gasteiger partial charge in [-0.05, 0) is 52.4 Å². The molecule has 2 rings (SSSR count). The van der Waals surface area contributed by atoms with E-state index in [1.54, 1.807) is 6.92 Å². The number of aliphatic hydroxyl groups is 2. The van der Waals surface area contributed by atoms with Crippen molar-refractivity contribution in [1.82, 2.24) is 31.5 Å². The highest BCUT2D eigenvalue weighted by Gasteiger charge is 2.66. The van der Waals surface area contributed by atoms with Crippen LogP contribution in [0.1, 0.15) is 71.6 Å². The molecule has 2 aliphatic rings. The Morgan fingerprint density at radius 2 is 1.44 bits per heavy atom. The summed E-state index contributed by atoms with van der Waals surface area (Å²) in [6.45, 7) is 2.30. The SMILES string of the molecule is C[C@H](C(=O)N[C@@H](CCCN=C(N)N)[C@H](O)NC(=O)C[C@H](C)N)C(=O)N[C@H](CCCN=C(N)N)[C@H](O)CC(=O)OCC1=C(C(=O)O)N2C(=O)[C@@](NC=O)(NC(=O)CCC[C@H](N)C(=O)O)[C@H]2SC1. The van der Waals surface area contributed by atoms with Gasteiger partial charge in [-0.25, -0.2) is 4.79 Å². The summed E-state index contributed by atoms with van der Waals surface area (Å²) >= 11 is 0.928. The molecule has 21 N–H and O–H groups in total. The zero-order chi connectivity index (χ0) is 49.9. The van der Waals surface area contributed by atoms with Gasteiger partial charge in [-0.3, -0.25) is 53.2 Å². The van der Waals surface area contributed by atoms with Gasteiger partial charge in [0.15, 0.2) is 11.9 Å². The predicted octanol–water partition coefficient (Wildman–Crippen LogP) is -6.44. The van der Waals surface area contributed by atoms with Crippen molar-refractivity contribution in [2.24, 2.45) is 50.3 Å². The van der Waals surface area contributed by atoms with Crippen LogP contribution in [0.2, 0.25) is 0 Å². The number of esters is 1. The first-order valence-corrected chi connectivity index (χ1v) is 21.7. The van der Waals surface area contributed by atoms with E-state index in [0.717, 1.165) is 16.7 Å². The standard InChI is InChI=1S/C37H62N14O14S/c1-17(38)12-25(55)49-30(59)22(8-5-11-45-36(42)43)48-29(58)18(2)28(57)47-21(7-4-10-44-35(40)41)23(53)13-26(56)65-14-19-15-66-34-37(46-16-52,33(64)51(34)27(19)32(62)63)50-24(54)9-3-6-20(39)31(60)61/h16-18,20-23,30,34,53,59H,3-15,38-39H2,1-2H3,(H,46,52)(H,47,57)(H,48,58)(H,49,55)(H,50,54)(H,60,61)(H,62,63)(H4,40,41,44)(H4,42,43,45)/t17-,18-,20-,21+,22-,23+,30-,34+,37+/m0/s1. The van der Waals surface area contributed by atoms with Crippen LogP contribution < -0.4 is 61.0 Å². The number of nitrogens with zero attached hydrogens (tertiary/aromatic N) is 3. The summed E-state index contributed by atoms with van der Waals surface area (Å²) in [5.74, 6) is -10.2. The van der Waals surface area contributed by atoms with Crippen molar-refractivity contribution >= 4 is 77.5 Å². The van der Waals surface area contributed by atoms with Crippen LogP contribution in [0.25, 0.3) is 0 Å². The number of guanidine groups is 2. The first-order chi connectivity index (χ1) is 30.9. The molecule has 1 saturated heterocycles. The van der Waals surface area contributed by atoms with Crippen molar-refractivity contribution in [3.8, 4) is 0 Å². The van der Waals surface area contributed by atoms with Crippen molar-refractivity contribution in [2.75, 3.05) is 25.4 Å². The maximum atomic E-state index is 13.5. The highest BCUT2D eigenvalue weighted by Crippen LogP contribution is 2.45. The maximum Gasteiger partial charge on any atom is 0.352 e. The molecule has 0 aromatic heterocycles. The summed E-state index contributed by atoms with van der Waals surface area (Å²) in [4.78, 5) is 122. The third kappa shape index (κ3) is 16.9. The summed E-state index contributed by atoms with van der Waals surface area (Å²) in [5.41, 5.74) is 30.0. The minimum Gasteiger partial charge on any atom is -0.480 e. The molecule has 0 aromatic carbocycles. The molecule has 2 aliphatic heterocycles.